The second-order valence-electron chi connectivity index (χ2n) is 7.27. The Kier molecular flexibility index (Phi) is 6.33. The molecule has 0 N–H and O–H groups in total. The summed E-state index contributed by atoms with van der Waals surface area (Å²) in [6.07, 6.45) is 7.58. The molecule has 128 valence electrons. The second-order valence-corrected chi connectivity index (χ2v) is 7.93. The quantitative estimate of drug-likeness (QED) is 0.846. The Morgan fingerprint density at radius 2 is 1.96 bits per heavy atom. The molecule has 0 aliphatic carbocycles. The minimum Gasteiger partial charge on any atom is -0.444 e. The van der Waals surface area contributed by atoms with Gasteiger partial charge >= 0.3 is 6.09 Å². The number of carbonyl (C=O) groups excluding carboxylic acids is 1. The van der Waals surface area contributed by atoms with Crippen molar-refractivity contribution in [1.29, 1.82) is 0 Å². The first-order valence-corrected chi connectivity index (χ1v) is 8.92. The largest absolute Gasteiger partial charge is 0.444 e. The van der Waals surface area contributed by atoms with Gasteiger partial charge in [-0.25, -0.2) is 4.79 Å². The summed E-state index contributed by atoms with van der Waals surface area (Å²) in [6.45, 7) is 7.25. The molecule has 1 aliphatic heterocycles. The Hall–Kier alpha value is -1.23. The number of rotatable bonds is 4. The van der Waals surface area contributed by atoms with Gasteiger partial charge in [0.2, 0.25) is 0 Å². The first kappa shape index (κ1) is 18.1. The van der Waals surface area contributed by atoms with Gasteiger partial charge in [-0.2, -0.15) is 12.6 Å². The number of aryl methyl sites for hydroxylation is 1. The molecule has 0 bridgehead atoms. The molecule has 1 aromatic rings. The fourth-order valence-electron chi connectivity index (χ4n) is 2.89. The molecule has 23 heavy (non-hydrogen) atoms. The maximum Gasteiger partial charge on any atom is 0.410 e. The number of aromatic nitrogens is 1. The molecule has 0 radical (unpaired) electrons. The number of carbonyl (C=O) groups is 1. The molecule has 2 rings (SSSR count). The fraction of sp³-hybridized carbons (Fsp3) is 0.667. The maximum atomic E-state index is 12.1. The van der Waals surface area contributed by atoms with Crippen LogP contribution >= 0.6 is 12.6 Å². The van der Waals surface area contributed by atoms with Crippen LogP contribution in [-0.4, -0.2) is 39.9 Å². The summed E-state index contributed by atoms with van der Waals surface area (Å²) in [5.41, 5.74) is 0.884. The van der Waals surface area contributed by atoms with E-state index >= 15 is 0 Å². The van der Waals surface area contributed by atoms with Gasteiger partial charge < -0.3 is 9.64 Å². The first-order valence-electron chi connectivity index (χ1n) is 8.40. The Morgan fingerprint density at radius 3 is 2.52 bits per heavy atom. The highest BCUT2D eigenvalue weighted by Gasteiger charge is 2.29. The standard InChI is InChI=1S/C18H28N2O2S/c1-18(2,3)22-17(21)20-12-8-15(9-13-20)16(23)5-4-14-6-10-19-11-7-14/h6-7,10-11,15-16,23H,4-5,8-9,12-13H2,1-3H3. The van der Waals surface area contributed by atoms with E-state index in [2.05, 4.69) is 17.1 Å². The van der Waals surface area contributed by atoms with Gasteiger partial charge in [0, 0.05) is 30.7 Å². The van der Waals surface area contributed by atoms with E-state index in [-0.39, 0.29) is 6.09 Å². The lowest BCUT2D eigenvalue weighted by molar-refractivity contribution is 0.0183. The smallest absolute Gasteiger partial charge is 0.410 e. The van der Waals surface area contributed by atoms with Crippen LogP contribution in [0.4, 0.5) is 4.79 Å². The van der Waals surface area contributed by atoms with Crippen LogP contribution < -0.4 is 0 Å². The van der Waals surface area contributed by atoms with Crippen molar-refractivity contribution in [2.24, 2.45) is 5.92 Å². The van der Waals surface area contributed by atoms with Gasteiger partial charge in [-0.1, -0.05) is 0 Å². The molecule has 1 unspecified atom stereocenters. The molecule has 1 aliphatic rings. The number of piperidine rings is 1. The lowest BCUT2D eigenvalue weighted by Crippen LogP contribution is -2.43. The van der Waals surface area contributed by atoms with Crippen molar-refractivity contribution in [3.05, 3.63) is 30.1 Å². The van der Waals surface area contributed by atoms with E-state index in [1.54, 1.807) is 0 Å². The maximum absolute atomic E-state index is 12.1. The summed E-state index contributed by atoms with van der Waals surface area (Å²) in [6, 6.07) is 4.12. The minimum absolute atomic E-state index is 0.191. The van der Waals surface area contributed by atoms with Gasteiger partial charge in [-0.05, 0) is 70.1 Å². The normalized spacial score (nSPS) is 17.8. The van der Waals surface area contributed by atoms with E-state index in [0.29, 0.717) is 11.2 Å². The molecule has 1 atom stereocenters. The van der Waals surface area contributed by atoms with Crippen LogP contribution in [0, 0.1) is 5.92 Å². The zero-order chi connectivity index (χ0) is 16.9. The third kappa shape index (κ3) is 6.05. The zero-order valence-corrected chi connectivity index (χ0v) is 15.3. The number of nitrogens with zero attached hydrogens (tertiary/aromatic N) is 2. The summed E-state index contributed by atoms with van der Waals surface area (Å²) >= 11 is 4.80. The molecule has 0 saturated carbocycles. The van der Waals surface area contributed by atoms with Gasteiger partial charge in [-0.15, -0.1) is 0 Å². The van der Waals surface area contributed by atoms with Crippen LogP contribution in [-0.2, 0) is 11.2 Å². The van der Waals surface area contributed by atoms with E-state index in [0.717, 1.165) is 38.8 Å². The third-order valence-corrected chi connectivity index (χ3v) is 4.89. The number of likely N-dealkylation sites (tertiary alicyclic amines) is 1. The van der Waals surface area contributed by atoms with Crippen LogP contribution in [0.5, 0.6) is 0 Å². The molecular formula is C18H28N2O2S. The Bertz CT molecular complexity index is 493. The SMILES string of the molecule is CC(C)(C)OC(=O)N1CCC(C(S)CCc2ccncc2)CC1. The number of thiol groups is 1. The van der Waals surface area contributed by atoms with Crippen LogP contribution in [0.3, 0.4) is 0 Å². The van der Waals surface area contributed by atoms with Gasteiger partial charge in [0.1, 0.15) is 5.60 Å². The van der Waals surface area contributed by atoms with Crippen LogP contribution in [0.25, 0.3) is 0 Å². The van der Waals surface area contributed by atoms with Gasteiger partial charge in [0.15, 0.2) is 0 Å². The summed E-state index contributed by atoms with van der Waals surface area (Å²) in [5, 5.41) is 0.379. The minimum atomic E-state index is -0.426. The van der Waals surface area contributed by atoms with E-state index < -0.39 is 5.60 Å². The fourth-order valence-corrected chi connectivity index (χ4v) is 3.32. The summed E-state index contributed by atoms with van der Waals surface area (Å²) in [4.78, 5) is 17.9. The van der Waals surface area contributed by atoms with Crippen LogP contribution in [0.15, 0.2) is 24.5 Å². The Labute approximate surface area is 145 Å². The molecule has 1 amide bonds. The summed E-state index contributed by atoms with van der Waals surface area (Å²) in [7, 11) is 0. The highest BCUT2D eigenvalue weighted by atomic mass is 32.1. The second kappa shape index (κ2) is 8.04. The molecule has 0 aromatic carbocycles. The molecular weight excluding hydrogens is 308 g/mol. The van der Waals surface area contributed by atoms with Crippen molar-refractivity contribution in [3.63, 3.8) is 0 Å². The Morgan fingerprint density at radius 1 is 1.35 bits per heavy atom. The third-order valence-electron chi connectivity index (χ3n) is 4.21. The molecule has 0 spiro atoms. The average Bonchev–Trinajstić information content (AvgIpc) is 2.52. The highest BCUT2D eigenvalue weighted by Crippen LogP contribution is 2.27. The Balaban J connectivity index is 1.74. The van der Waals surface area contributed by atoms with Crippen molar-refractivity contribution in [3.8, 4) is 0 Å². The van der Waals surface area contributed by atoms with Gasteiger partial charge in [0.25, 0.3) is 0 Å². The van der Waals surface area contributed by atoms with E-state index in [4.69, 9.17) is 17.4 Å². The monoisotopic (exact) mass is 336 g/mol. The first-order chi connectivity index (χ1) is 10.8. The molecule has 1 saturated heterocycles. The molecule has 1 fully saturated rings. The van der Waals surface area contributed by atoms with Crippen molar-refractivity contribution >= 4 is 18.7 Å². The number of pyridine rings is 1. The number of hydrogen-bond acceptors (Lipinski definition) is 4. The number of hydrogen-bond donors (Lipinski definition) is 1. The average molecular weight is 337 g/mol. The topological polar surface area (TPSA) is 42.4 Å². The van der Waals surface area contributed by atoms with Crippen molar-refractivity contribution < 1.29 is 9.53 Å². The predicted molar refractivity (Wildman–Crippen MR) is 95.9 cm³/mol. The van der Waals surface area contributed by atoms with Crippen LogP contribution in [0.1, 0.15) is 45.6 Å². The van der Waals surface area contributed by atoms with Gasteiger partial charge in [-0.3, -0.25) is 4.98 Å². The van der Waals surface area contributed by atoms with Gasteiger partial charge in [0.05, 0.1) is 0 Å². The highest BCUT2D eigenvalue weighted by molar-refractivity contribution is 7.81. The van der Waals surface area contributed by atoms with E-state index in [9.17, 15) is 4.79 Å². The van der Waals surface area contributed by atoms with E-state index in [1.807, 2.05) is 38.1 Å². The van der Waals surface area contributed by atoms with Crippen molar-refractivity contribution in [2.45, 2.75) is 57.3 Å². The number of amides is 1. The predicted octanol–water partition coefficient (Wildman–Crippen LogP) is 3.96. The summed E-state index contributed by atoms with van der Waals surface area (Å²) < 4.78 is 5.44. The lowest BCUT2D eigenvalue weighted by atomic mass is 9.90. The lowest BCUT2D eigenvalue weighted by Gasteiger charge is -2.35. The molecule has 1 aromatic heterocycles. The van der Waals surface area contributed by atoms with Crippen molar-refractivity contribution in [1.82, 2.24) is 9.88 Å². The number of ether oxygens (including phenoxy) is 1. The van der Waals surface area contributed by atoms with E-state index in [1.165, 1.54) is 5.56 Å². The molecule has 5 heteroatoms. The van der Waals surface area contributed by atoms with Crippen LogP contribution in [0.2, 0.25) is 0 Å². The molecule has 2 heterocycles. The summed E-state index contributed by atoms with van der Waals surface area (Å²) in [5.74, 6) is 0.568. The zero-order valence-electron chi connectivity index (χ0n) is 14.4. The van der Waals surface area contributed by atoms with Crippen molar-refractivity contribution in [2.75, 3.05) is 13.1 Å². The molecule has 4 nitrogen and oxygen atoms in total.